The SMILES string of the molecule is CC(C)n1cc(C(=O)N2CCCCCC2)c(=O)c2c(N)cccc21. The van der Waals surface area contributed by atoms with Crippen molar-refractivity contribution in [1.82, 2.24) is 9.47 Å². The summed E-state index contributed by atoms with van der Waals surface area (Å²) >= 11 is 0. The van der Waals surface area contributed by atoms with Gasteiger partial charge in [0.1, 0.15) is 5.56 Å². The first-order chi connectivity index (χ1) is 11.5. The molecule has 1 aromatic heterocycles. The number of nitrogens with zero attached hydrogens (tertiary/aromatic N) is 2. The van der Waals surface area contributed by atoms with E-state index in [0.29, 0.717) is 11.1 Å². The minimum atomic E-state index is -0.255. The van der Waals surface area contributed by atoms with Gasteiger partial charge in [0.25, 0.3) is 5.91 Å². The van der Waals surface area contributed by atoms with E-state index in [4.69, 9.17) is 5.73 Å². The van der Waals surface area contributed by atoms with Gasteiger partial charge in [0.2, 0.25) is 5.43 Å². The largest absolute Gasteiger partial charge is 0.398 e. The van der Waals surface area contributed by atoms with Crippen LogP contribution in [-0.4, -0.2) is 28.5 Å². The van der Waals surface area contributed by atoms with Gasteiger partial charge in [0.05, 0.1) is 10.9 Å². The maximum absolute atomic E-state index is 13.0. The summed E-state index contributed by atoms with van der Waals surface area (Å²) in [6.07, 6.45) is 6.00. The number of benzene rings is 1. The highest BCUT2D eigenvalue weighted by Crippen LogP contribution is 2.22. The van der Waals surface area contributed by atoms with Crippen molar-refractivity contribution in [3.63, 3.8) is 0 Å². The van der Waals surface area contributed by atoms with Crippen molar-refractivity contribution < 1.29 is 4.79 Å². The molecule has 2 N–H and O–H groups in total. The number of aromatic nitrogens is 1. The standard InChI is InChI=1S/C19H25N3O2/c1-13(2)22-12-14(19(24)21-10-5-3-4-6-11-21)18(23)17-15(20)8-7-9-16(17)22/h7-9,12-13H,3-6,10-11,20H2,1-2H3. The summed E-state index contributed by atoms with van der Waals surface area (Å²) in [5.74, 6) is -0.165. The molecular weight excluding hydrogens is 302 g/mol. The van der Waals surface area contributed by atoms with Crippen molar-refractivity contribution >= 4 is 22.5 Å². The van der Waals surface area contributed by atoms with Gasteiger partial charge in [-0.25, -0.2) is 0 Å². The fraction of sp³-hybridized carbons (Fsp3) is 0.474. The molecule has 2 aromatic rings. The van der Waals surface area contributed by atoms with Gasteiger partial charge in [-0.05, 0) is 38.8 Å². The van der Waals surface area contributed by atoms with Crippen LogP contribution < -0.4 is 11.2 Å². The molecule has 0 atom stereocenters. The van der Waals surface area contributed by atoms with Gasteiger partial charge >= 0.3 is 0 Å². The predicted octanol–water partition coefficient (Wildman–Crippen LogP) is 3.18. The summed E-state index contributed by atoms with van der Waals surface area (Å²) < 4.78 is 1.97. The van der Waals surface area contributed by atoms with Crippen LogP contribution >= 0.6 is 0 Å². The molecule has 1 fully saturated rings. The molecule has 0 spiro atoms. The van der Waals surface area contributed by atoms with Crippen LogP contribution in [-0.2, 0) is 0 Å². The van der Waals surface area contributed by atoms with Crippen molar-refractivity contribution in [3.05, 3.63) is 40.2 Å². The number of pyridine rings is 1. The summed E-state index contributed by atoms with van der Waals surface area (Å²) in [5.41, 5.74) is 7.25. The van der Waals surface area contributed by atoms with E-state index in [1.807, 2.05) is 35.4 Å². The van der Waals surface area contributed by atoms with Gasteiger partial charge in [-0.2, -0.15) is 0 Å². The number of nitrogen functional groups attached to an aromatic ring is 1. The fourth-order valence-corrected chi connectivity index (χ4v) is 3.45. The van der Waals surface area contributed by atoms with Gasteiger partial charge in [0.15, 0.2) is 0 Å². The number of nitrogens with two attached hydrogens (primary N) is 1. The Kier molecular flexibility index (Phi) is 4.60. The molecule has 3 rings (SSSR count). The molecular formula is C19H25N3O2. The maximum Gasteiger partial charge on any atom is 0.259 e. The Morgan fingerprint density at radius 1 is 1.12 bits per heavy atom. The van der Waals surface area contributed by atoms with Gasteiger partial charge in [-0.1, -0.05) is 18.9 Å². The number of amides is 1. The van der Waals surface area contributed by atoms with Crippen molar-refractivity contribution in [2.75, 3.05) is 18.8 Å². The van der Waals surface area contributed by atoms with Crippen LogP contribution in [0.5, 0.6) is 0 Å². The number of hydrogen-bond donors (Lipinski definition) is 1. The molecule has 1 aliphatic rings. The highest BCUT2D eigenvalue weighted by molar-refractivity contribution is 6.00. The van der Waals surface area contributed by atoms with E-state index in [9.17, 15) is 9.59 Å². The van der Waals surface area contributed by atoms with Gasteiger partial charge < -0.3 is 15.2 Å². The first-order valence-corrected chi connectivity index (χ1v) is 8.73. The molecule has 128 valence electrons. The van der Waals surface area contributed by atoms with Crippen LogP contribution in [0, 0.1) is 0 Å². The molecule has 0 radical (unpaired) electrons. The van der Waals surface area contributed by atoms with Gasteiger partial charge in [-0.15, -0.1) is 0 Å². The molecule has 5 heteroatoms. The smallest absolute Gasteiger partial charge is 0.259 e. The fourth-order valence-electron chi connectivity index (χ4n) is 3.45. The second-order valence-electron chi connectivity index (χ2n) is 6.82. The summed E-state index contributed by atoms with van der Waals surface area (Å²) in [6, 6.07) is 5.57. The second kappa shape index (κ2) is 6.67. The Morgan fingerprint density at radius 3 is 2.42 bits per heavy atom. The average Bonchev–Trinajstić information content (AvgIpc) is 2.83. The summed E-state index contributed by atoms with van der Waals surface area (Å²) in [6.45, 7) is 5.52. The first-order valence-electron chi connectivity index (χ1n) is 8.73. The Labute approximate surface area is 142 Å². The quantitative estimate of drug-likeness (QED) is 0.861. The van der Waals surface area contributed by atoms with E-state index in [1.165, 1.54) is 0 Å². The molecule has 0 saturated carbocycles. The summed E-state index contributed by atoms with van der Waals surface area (Å²) in [7, 11) is 0. The molecule has 1 saturated heterocycles. The molecule has 24 heavy (non-hydrogen) atoms. The summed E-state index contributed by atoms with van der Waals surface area (Å²) in [4.78, 5) is 27.7. The number of likely N-dealkylation sites (tertiary alicyclic amines) is 1. The van der Waals surface area contributed by atoms with E-state index < -0.39 is 0 Å². The Balaban J connectivity index is 2.17. The van der Waals surface area contributed by atoms with Crippen LogP contribution in [0.2, 0.25) is 0 Å². The monoisotopic (exact) mass is 327 g/mol. The lowest BCUT2D eigenvalue weighted by Crippen LogP contribution is -2.35. The molecule has 5 nitrogen and oxygen atoms in total. The third-order valence-corrected chi connectivity index (χ3v) is 4.77. The van der Waals surface area contributed by atoms with Crippen LogP contribution in [0.1, 0.15) is 55.9 Å². The maximum atomic E-state index is 13.0. The van der Waals surface area contributed by atoms with Gasteiger partial charge in [-0.3, -0.25) is 9.59 Å². The summed E-state index contributed by atoms with van der Waals surface area (Å²) in [5, 5.41) is 0.451. The second-order valence-corrected chi connectivity index (χ2v) is 6.82. The molecule has 1 aromatic carbocycles. The normalized spacial score (nSPS) is 15.7. The lowest BCUT2D eigenvalue weighted by Gasteiger charge is -2.22. The molecule has 0 unspecified atom stereocenters. The minimum Gasteiger partial charge on any atom is -0.398 e. The first kappa shape index (κ1) is 16.6. The average molecular weight is 327 g/mol. The number of carbonyl (C=O) groups excluding carboxylic acids is 1. The van der Waals surface area contributed by atoms with E-state index in [2.05, 4.69) is 0 Å². The van der Waals surface area contributed by atoms with E-state index in [0.717, 1.165) is 44.3 Å². The number of rotatable bonds is 2. The van der Waals surface area contributed by atoms with Crippen LogP contribution in [0.15, 0.2) is 29.2 Å². The third-order valence-electron chi connectivity index (χ3n) is 4.77. The van der Waals surface area contributed by atoms with Crippen molar-refractivity contribution in [3.8, 4) is 0 Å². The number of hydrogen-bond acceptors (Lipinski definition) is 3. The lowest BCUT2D eigenvalue weighted by atomic mass is 10.1. The Morgan fingerprint density at radius 2 is 1.79 bits per heavy atom. The molecule has 1 amide bonds. The zero-order chi connectivity index (χ0) is 17.3. The number of carbonyl (C=O) groups is 1. The van der Waals surface area contributed by atoms with Crippen molar-refractivity contribution in [1.29, 1.82) is 0 Å². The number of fused-ring (bicyclic) bond motifs is 1. The molecule has 0 bridgehead atoms. The van der Waals surface area contributed by atoms with E-state index in [1.54, 1.807) is 12.3 Å². The topological polar surface area (TPSA) is 68.3 Å². The molecule has 0 aliphatic carbocycles. The number of anilines is 1. The van der Waals surface area contributed by atoms with Crippen LogP contribution in [0.4, 0.5) is 5.69 Å². The highest BCUT2D eigenvalue weighted by Gasteiger charge is 2.23. The van der Waals surface area contributed by atoms with E-state index >= 15 is 0 Å². The Bertz CT molecular complexity index is 815. The van der Waals surface area contributed by atoms with Crippen LogP contribution in [0.3, 0.4) is 0 Å². The van der Waals surface area contributed by atoms with Gasteiger partial charge in [0, 0.05) is 31.0 Å². The van der Waals surface area contributed by atoms with Crippen molar-refractivity contribution in [2.45, 2.75) is 45.6 Å². The zero-order valence-electron chi connectivity index (χ0n) is 14.4. The highest BCUT2D eigenvalue weighted by atomic mass is 16.2. The third kappa shape index (κ3) is 2.90. The molecule has 1 aliphatic heterocycles. The lowest BCUT2D eigenvalue weighted by molar-refractivity contribution is 0.0759. The zero-order valence-corrected chi connectivity index (χ0v) is 14.4. The predicted molar refractivity (Wildman–Crippen MR) is 97.4 cm³/mol. The van der Waals surface area contributed by atoms with Crippen LogP contribution in [0.25, 0.3) is 10.9 Å². The Hall–Kier alpha value is -2.30. The van der Waals surface area contributed by atoms with E-state index in [-0.39, 0.29) is 22.9 Å². The van der Waals surface area contributed by atoms with Crippen molar-refractivity contribution in [2.24, 2.45) is 0 Å². The molecule has 2 heterocycles. The minimum absolute atomic E-state index is 0.130.